The number of aromatic nitrogens is 2. The normalized spacial score (nSPS) is 18.3. The van der Waals surface area contributed by atoms with E-state index in [9.17, 15) is 17.6 Å². The Kier molecular flexibility index (Phi) is 5.02. The number of nitrogens with one attached hydrogen (secondary N) is 1. The number of hydrogen-bond donors (Lipinski definition) is 1. The van der Waals surface area contributed by atoms with Crippen LogP contribution < -0.4 is 5.32 Å². The van der Waals surface area contributed by atoms with Crippen molar-refractivity contribution in [2.75, 3.05) is 12.3 Å². The van der Waals surface area contributed by atoms with Gasteiger partial charge in [0.15, 0.2) is 0 Å². The van der Waals surface area contributed by atoms with Gasteiger partial charge in [-0.05, 0) is 50.3 Å². The van der Waals surface area contributed by atoms with E-state index < -0.39 is 10.0 Å². The highest BCUT2D eigenvalue weighted by atomic mass is 32.2. The molecule has 4 rings (SSSR count). The molecule has 0 bridgehead atoms. The second-order valence-electron chi connectivity index (χ2n) is 7.12. The number of benzene rings is 1. The first-order valence-electron chi connectivity index (χ1n) is 9.34. The number of amides is 1. The summed E-state index contributed by atoms with van der Waals surface area (Å²) in [4.78, 5) is 14.4. The maximum atomic E-state index is 13.2. The second-order valence-corrected chi connectivity index (χ2v) is 8.87. The van der Waals surface area contributed by atoms with Crippen LogP contribution in [-0.2, 0) is 14.8 Å². The third-order valence-electron chi connectivity index (χ3n) is 5.02. The molecule has 10 heteroatoms. The first kappa shape index (κ1) is 20.0. The van der Waals surface area contributed by atoms with Crippen molar-refractivity contribution in [3.8, 4) is 5.69 Å². The Bertz CT molecular complexity index is 1200. The fourth-order valence-electron chi connectivity index (χ4n) is 3.38. The summed E-state index contributed by atoms with van der Waals surface area (Å²) >= 11 is 0. The molecule has 1 aromatic heterocycles. The molecule has 2 aliphatic heterocycles. The second kappa shape index (κ2) is 7.52. The zero-order chi connectivity index (χ0) is 21.5. The molecule has 1 aromatic carbocycles. The average Bonchev–Trinajstić information content (AvgIpc) is 3.09. The van der Waals surface area contributed by atoms with Crippen molar-refractivity contribution in [2.45, 2.75) is 19.9 Å². The van der Waals surface area contributed by atoms with Gasteiger partial charge in [-0.1, -0.05) is 0 Å². The first-order valence-corrected chi connectivity index (χ1v) is 10.9. The first-order chi connectivity index (χ1) is 14.2. The van der Waals surface area contributed by atoms with Gasteiger partial charge in [0, 0.05) is 24.0 Å². The van der Waals surface area contributed by atoms with Crippen molar-refractivity contribution in [3.63, 3.8) is 0 Å². The van der Waals surface area contributed by atoms with Gasteiger partial charge in [0.2, 0.25) is 0 Å². The van der Waals surface area contributed by atoms with Gasteiger partial charge in [0.05, 0.1) is 29.3 Å². The van der Waals surface area contributed by atoms with Crippen LogP contribution >= 0.6 is 0 Å². The molecule has 0 radical (unpaired) electrons. The van der Waals surface area contributed by atoms with Crippen LogP contribution in [0.4, 0.5) is 4.39 Å². The van der Waals surface area contributed by atoms with Gasteiger partial charge >= 0.3 is 0 Å². The lowest BCUT2D eigenvalue weighted by Crippen LogP contribution is -2.38. The Morgan fingerprint density at radius 1 is 1.23 bits per heavy atom. The number of fused-ring (bicyclic) bond motifs is 1. The fourth-order valence-corrected chi connectivity index (χ4v) is 4.35. The van der Waals surface area contributed by atoms with Crippen LogP contribution in [0.2, 0.25) is 0 Å². The van der Waals surface area contributed by atoms with E-state index in [0.717, 1.165) is 16.9 Å². The molecule has 0 saturated heterocycles. The minimum Gasteiger partial charge on any atom is -0.345 e. The average molecular weight is 429 g/mol. The van der Waals surface area contributed by atoms with Gasteiger partial charge in [-0.2, -0.15) is 5.10 Å². The van der Waals surface area contributed by atoms with Crippen molar-refractivity contribution >= 4 is 21.8 Å². The number of hydrogen-bond acceptors (Lipinski definition) is 5. The van der Waals surface area contributed by atoms with Crippen LogP contribution in [0.25, 0.3) is 5.69 Å². The number of rotatable bonds is 4. The highest BCUT2D eigenvalue weighted by molar-refractivity contribution is 7.90. The predicted octanol–water partition coefficient (Wildman–Crippen LogP) is 1.99. The summed E-state index contributed by atoms with van der Waals surface area (Å²) in [6, 6.07) is 5.69. The van der Waals surface area contributed by atoms with Gasteiger partial charge in [0.25, 0.3) is 15.9 Å². The minimum atomic E-state index is -3.44. The Hall–Kier alpha value is -3.27. The summed E-state index contributed by atoms with van der Waals surface area (Å²) in [5.41, 5.74) is 2.80. The number of carbonyl (C=O) groups is 1. The molecule has 0 fully saturated rings. The van der Waals surface area contributed by atoms with E-state index in [1.165, 1.54) is 18.2 Å². The van der Waals surface area contributed by atoms with Crippen LogP contribution in [0.1, 0.15) is 24.2 Å². The van der Waals surface area contributed by atoms with Crippen molar-refractivity contribution < 1.29 is 17.6 Å². The van der Waals surface area contributed by atoms with E-state index in [-0.39, 0.29) is 30.1 Å². The van der Waals surface area contributed by atoms with Crippen molar-refractivity contribution in [1.82, 2.24) is 20.0 Å². The van der Waals surface area contributed by atoms with E-state index in [1.807, 2.05) is 13.8 Å². The molecule has 2 aromatic rings. The minimum absolute atomic E-state index is 0.0894. The number of halogens is 1. The van der Waals surface area contributed by atoms with E-state index in [4.69, 9.17) is 0 Å². The molecule has 1 amide bonds. The van der Waals surface area contributed by atoms with E-state index >= 15 is 0 Å². The van der Waals surface area contributed by atoms with Crippen molar-refractivity contribution in [3.05, 3.63) is 71.5 Å². The number of amidine groups is 1. The highest BCUT2D eigenvalue weighted by Gasteiger charge is 2.26. The quantitative estimate of drug-likeness (QED) is 0.802. The Labute approximate surface area is 173 Å². The summed E-state index contributed by atoms with van der Waals surface area (Å²) in [5.74, 6) is -0.395. The lowest BCUT2D eigenvalue weighted by molar-refractivity contribution is -0.117. The Morgan fingerprint density at radius 3 is 2.70 bits per heavy atom. The predicted molar refractivity (Wildman–Crippen MR) is 110 cm³/mol. The van der Waals surface area contributed by atoms with Gasteiger partial charge in [-0.25, -0.2) is 17.5 Å². The summed E-state index contributed by atoms with van der Waals surface area (Å²) in [6.45, 7) is 3.98. The van der Waals surface area contributed by atoms with Gasteiger partial charge in [0.1, 0.15) is 11.7 Å². The molecule has 1 unspecified atom stereocenters. The Balaban J connectivity index is 1.49. The largest absolute Gasteiger partial charge is 0.345 e. The highest BCUT2D eigenvalue weighted by Crippen LogP contribution is 2.22. The summed E-state index contributed by atoms with van der Waals surface area (Å²) < 4.78 is 41.8. The molecular formula is C20H20FN5O3S. The molecular weight excluding hydrogens is 409 g/mol. The van der Waals surface area contributed by atoms with Crippen molar-refractivity contribution in [2.24, 2.45) is 4.40 Å². The van der Waals surface area contributed by atoms with Crippen LogP contribution in [0, 0.1) is 12.7 Å². The maximum Gasteiger partial charge on any atom is 0.256 e. The fraction of sp³-hybridized carbons (Fsp3) is 0.250. The molecule has 1 atom stereocenters. The molecule has 3 heterocycles. The van der Waals surface area contributed by atoms with Crippen LogP contribution in [-0.4, -0.2) is 47.1 Å². The van der Waals surface area contributed by atoms with Crippen LogP contribution in [0.15, 0.2) is 58.8 Å². The molecule has 0 saturated carbocycles. The lowest BCUT2D eigenvalue weighted by atomic mass is 10.1. The maximum absolute atomic E-state index is 13.2. The summed E-state index contributed by atoms with van der Waals surface area (Å²) in [5, 5.41) is 7.29. The molecule has 30 heavy (non-hydrogen) atoms. The Morgan fingerprint density at radius 2 is 1.97 bits per heavy atom. The molecule has 1 N–H and O–H groups in total. The molecule has 156 valence electrons. The zero-order valence-corrected chi connectivity index (χ0v) is 17.2. The molecule has 8 nitrogen and oxygen atoms in total. The SMILES string of the molecule is Cc1c(C(C)NC(=O)C2=CN3CCS(=O)(=O)N=C3C=C2)cnn1-c1ccc(F)cc1. The standard InChI is InChI=1S/C20H20FN5O3S/c1-13(18-11-22-26(14(18)2)17-6-4-16(21)5-7-17)23-20(27)15-3-8-19-24-30(28,29)10-9-25(19)12-15/h3-8,11-13H,9-10H2,1-2H3,(H,23,27). The smallest absolute Gasteiger partial charge is 0.256 e. The lowest BCUT2D eigenvalue weighted by Gasteiger charge is -2.27. The van der Waals surface area contributed by atoms with Gasteiger partial charge in [-0.15, -0.1) is 4.40 Å². The molecule has 2 aliphatic rings. The monoisotopic (exact) mass is 429 g/mol. The number of sulfonamides is 1. The third kappa shape index (κ3) is 3.90. The van der Waals surface area contributed by atoms with Crippen LogP contribution in [0.3, 0.4) is 0 Å². The van der Waals surface area contributed by atoms with E-state index in [2.05, 4.69) is 14.8 Å². The number of nitrogens with zero attached hydrogens (tertiary/aromatic N) is 4. The molecule has 0 spiro atoms. The zero-order valence-electron chi connectivity index (χ0n) is 16.4. The van der Waals surface area contributed by atoms with Crippen LogP contribution in [0.5, 0.6) is 0 Å². The van der Waals surface area contributed by atoms with Gasteiger partial charge in [-0.3, -0.25) is 4.79 Å². The number of carbonyl (C=O) groups excluding carboxylic acids is 1. The van der Waals surface area contributed by atoms with E-state index in [0.29, 0.717) is 11.4 Å². The third-order valence-corrected chi connectivity index (χ3v) is 6.18. The summed E-state index contributed by atoms with van der Waals surface area (Å²) in [7, 11) is -3.44. The van der Waals surface area contributed by atoms with E-state index in [1.54, 1.807) is 40.2 Å². The molecule has 0 aliphatic carbocycles. The van der Waals surface area contributed by atoms with Gasteiger partial charge < -0.3 is 10.2 Å². The topological polar surface area (TPSA) is 96.7 Å². The summed E-state index contributed by atoms with van der Waals surface area (Å²) in [6.07, 6.45) is 6.35. The van der Waals surface area contributed by atoms with Crippen molar-refractivity contribution in [1.29, 1.82) is 0 Å².